The quantitative estimate of drug-likeness (QED) is 0.690. The van der Waals surface area contributed by atoms with Gasteiger partial charge in [0.05, 0.1) is 0 Å². The van der Waals surface area contributed by atoms with Gasteiger partial charge in [-0.1, -0.05) is 18.7 Å². The number of amides is 1. The van der Waals surface area contributed by atoms with E-state index in [1.165, 1.54) is 12.3 Å². The van der Waals surface area contributed by atoms with Crippen LogP contribution in [0.1, 0.15) is 22.8 Å². The minimum Gasteiger partial charge on any atom is -0.507 e. The fourth-order valence-electron chi connectivity index (χ4n) is 2.50. The van der Waals surface area contributed by atoms with E-state index in [9.17, 15) is 14.7 Å². The average molecular weight is 320 g/mol. The Labute approximate surface area is 138 Å². The van der Waals surface area contributed by atoms with Crippen LogP contribution in [0.25, 0.3) is 16.5 Å². The van der Waals surface area contributed by atoms with Gasteiger partial charge in [-0.15, -0.1) is 0 Å². The van der Waals surface area contributed by atoms with Crippen LogP contribution in [0.2, 0.25) is 0 Å². The normalized spacial score (nSPS) is 10.5. The number of para-hydroxylation sites is 1. The van der Waals surface area contributed by atoms with Crippen LogP contribution in [0.4, 0.5) is 5.69 Å². The van der Waals surface area contributed by atoms with Crippen LogP contribution in [-0.4, -0.2) is 16.0 Å². The molecule has 24 heavy (non-hydrogen) atoms. The molecule has 0 bridgehead atoms. The predicted molar refractivity (Wildman–Crippen MR) is 95.3 cm³/mol. The molecule has 0 aliphatic rings. The molecule has 3 N–H and O–H groups in total. The highest BCUT2D eigenvalue weighted by atomic mass is 16.3. The number of benzene rings is 2. The van der Waals surface area contributed by atoms with E-state index in [1.807, 2.05) is 6.07 Å². The third-order valence-corrected chi connectivity index (χ3v) is 3.75. The van der Waals surface area contributed by atoms with Crippen molar-refractivity contribution in [1.29, 1.82) is 0 Å². The molecule has 1 amide bonds. The molecule has 0 saturated carbocycles. The molecule has 0 atom stereocenters. The second-order valence-corrected chi connectivity index (χ2v) is 5.54. The van der Waals surface area contributed by atoms with Crippen LogP contribution in [0.15, 0.2) is 60.0 Å². The van der Waals surface area contributed by atoms with E-state index in [1.54, 1.807) is 37.3 Å². The number of fused-ring (bicyclic) bond motifs is 1. The molecule has 3 aromatic rings. The Morgan fingerprint density at radius 3 is 2.62 bits per heavy atom. The van der Waals surface area contributed by atoms with Gasteiger partial charge in [0.1, 0.15) is 11.3 Å². The maximum Gasteiger partial charge on any atom is 0.261 e. The highest BCUT2D eigenvalue weighted by Gasteiger charge is 2.14. The first-order valence-corrected chi connectivity index (χ1v) is 7.38. The van der Waals surface area contributed by atoms with Gasteiger partial charge < -0.3 is 15.4 Å². The van der Waals surface area contributed by atoms with Gasteiger partial charge in [-0.05, 0) is 36.8 Å². The van der Waals surface area contributed by atoms with E-state index < -0.39 is 5.91 Å². The standard InChI is InChI=1S/C19H16N2O3/c1-11(2)13-8-7-12(9-17(13)22)21-19(24)15-10-20-16-6-4-3-5-14(16)18(15)23/h3-10,22H,1H2,2H3,(H,20,23)(H,21,24). The molecule has 0 saturated heterocycles. The summed E-state index contributed by atoms with van der Waals surface area (Å²) < 4.78 is 0. The number of hydrogen-bond donors (Lipinski definition) is 3. The number of aromatic amines is 1. The first-order chi connectivity index (χ1) is 11.5. The molecule has 0 fully saturated rings. The second kappa shape index (κ2) is 6.04. The summed E-state index contributed by atoms with van der Waals surface area (Å²) in [6, 6.07) is 11.7. The predicted octanol–water partition coefficient (Wildman–Crippen LogP) is 3.52. The molecule has 0 spiro atoms. The molecular weight excluding hydrogens is 304 g/mol. The molecule has 0 aliphatic heterocycles. The van der Waals surface area contributed by atoms with Crippen LogP contribution in [-0.2, 0) is 0 Å². The summed E-state index contributed by atoms with van der Waals surface area (Å²) in [7, 11) is 0. The van der Waals surface area contributed by atoms with Crippen molar-refractivity contribution in [2.45, 2.75) is 6.92 Å². The third-order valence-electron chi connectivity index (χ3n) is 3.75. The largest absolute Gasteiger partial charge is 0.507 e. The van der Waals surface area contributed by atoms with E-state index >= 15 is 0 Å². The van der Waals surface area contributed by atoms with Crippen molar-refractivity contribution >= 4 is 28.1 Å². The summed E-state index contributed by atoms with van der Waals surface area (Å²) >= 11 is 0. The zero-order valence-electron chi connectivity index (χ0n) is 13.1. The molecule has 5 nitrogen and oxygen atoms in total. The highest BCUT2D eigenvalue weighted by molar-refractivity contribution is 6.05. The fraction of sp³-hybridized carbons (Fsp3) is 0.0526. The topological polar surface area (TPSA) is 82.2 Å². The zero-order chi connectivity index (χ0) is 17.3. The molecule has 1 heterocycles. The molecule has 5 heteroatoms. The van der Waals surface area contributed by atoms with Crippen molar-refractivity contribution in [3.8, 4) is 5.75 Å². The van der Waals surface area contributed by atoms with Crippen molar-refractivity contribution in [3.05, 3.63) is 76.6 Å². The van der Waals surface area contributed by atoms with E-state index in [2.05, 4.69) is 16.9 Å². The number of H-pyrrole nitrogens is 1. The number of phenols is 1. The van der Waals surface area contributed by atoms with Gasteiger partial charge in [0, 0.05) is 34.4 Å². The second-order valence-electron chi connectivity index (χ2n) is 5.54. The number of anilines is 1. The first kappa shape index (κ1) is 15.6. The third kappa shape index (κ3) is 2.79. The molecule has 1 aromatic heterocycles. The van der Waals surface area contributed by atoms with Crippen molar-refractivity contribution in [1.82, 2.24) is 4.98 Å². The van der Waals surface area contributed by atoms with Gasteiger partial charge in [-0.25, -0.2) is 0 Å². The number of pyridine rings is 1. The average Bonchev–Trinajstić information content (AvgIpc) is 2.55. The smallest absolute Gasteiger partial charge is 0.261 e. The Kier molecular flexibility index (Phi) is 3.92. The van der Waals surface area contributed by atoms with E-state index in [-0.39, 0.29) is 16.7 Å². The van der Waals surface area contributed by atoms with Crippen molar-refractivity contribution in [3.63, 3.8) is 0 Å². The molecular formula is C19H16N2O3. The van der Waals surface area contributed by atoms with Crippen LogP contribution in [0, 0.1) is 0 Å². The molecule has 2 aromatic carbocycles. The summed E-state index contributed by atoms with van der Waals surface area (Å²) in [5.74, 6) is -0.516. The maximum absolute atomic E-state index is 12.4. The Morgan fingerprint density at radius 1 is 1.17 bits per heavy atom. The number of rotatable bonds is 3. The summed E-state index contributed by atoms with van der Waals surface area (Å²) in [4.78, 5) is 27.7. The van der Waals surface area contributed by atoms with Gasteiger partial charge in [-0.3, -0.25) is 9.59 Å². The van der Waals surface area contributed by atoms with Gasteiger partial charge >= 0.3 is 0 Å². The number of nitrogens with one attached hydrogen (secondary N) is 2. The summed E-state index contributed by atoms with van der Waals surface area (Å²) in [6.07, 6.45) is 1.39. The number of aromatic hydroxyl groups is 1. The molecule has 120 valence electrons. The Morgan fingerprint density at radius 2 is 1.92 bits per heavy atom. The SMILES string of the molecule is C=C(C)c1ccc(NC(=O)c2c[nH]c3ccccc3c2=O)cc1O. The number of carbonyl (C=O) groups is 1. The lowest BCUT2D eigenvalue weighted by atomic mass is 10.1. The molecule has 0 radical (unpaired) electrons. The van der Waals surface area contributed by atoms with Crippen LogP contribution in [0.3, 0.4) is 0 Å². The highest BCUT2D eigenvalue weighted by Crippen LogP contribution is 2.27. The van der Waals surface area contributed by atoms with Crippen molar-refractivity contribution in [2.75, 3.05) is 5.32 Å². The van der Waals surface area contributed by atoms with Crippen LogP contribution in [0.5, 0.6) is 5.75 Å². The van der Waals surface area contributed by atoms with E-state index in [0.717, 1.165) is 5.57 Å². The lowest BCUT2D eigenvalue weighted by Gasteiger charge is -2.09. The minimum absolute atomic E-state index is 0.0113. The molecule has 0 aliphatic carbocycles. The summed E-state index contributed by atoms with van der Waals surface area (Å²) in [6.45, 7) is 5.55. The van der Waals surface area contributed by atoms with Gasteiger partial charge in [0.15, 0.2) is 0 Å². The lowest BCUT2D eigenvalue weighted by molar-refractivity contribution is 0.102. The van der Waals surface area contributed by atoms with Gasteiger partial charge in [-0.2, -0.15) is 0 Å². The van der Waals surface area contributed by atoms with Crippen molar-refractivity contribution < 1.29 is 9.90 Å². The lowest BCUT2D eigenvalue weighted by Crippen LogP contribution is -2.21. The van der Waals surface area contributed by atoms with Gasteiger partial charge in [0.2, 0.25) is 5.43 Å². The zero-order valence-corrected chi connectivity index (χ0v) is 13.1. The minimum atomic E-state index is -0.538. The molecule has 0 unspecified atom stereocenters. The van der Waals surface area contributed by atoms with Crippen molar-refractivity contribution in [2.24, 2.45) is 0 Å². The number of phenolic OH excluding ortho intramolecular Hbond substituents is 1. The maximum atomic E-state index is 12.4. The van der Waals surface area contributed by atoms with Gasteiger partial charge in [0.25, 0.3) is 5.91 Å². The number of hydrogen-bond acceptors (Lipinski definition) is 3. The fourth-order valence-corrected chi connectivity index (χ4v) is 2.50. The summed E-state index contributed by atoms with van der Waals surface area (Å²) in [5, 5.41) is 13.0. The Balaban J connectivity index is 1.93. The van der Waals surface area contributed by atoms with E-state index in [0.29, 0.717) is 22.2 Å². The van der Waals surface area contributed by atoms with Crippen LogP contribution < -0.4 is 10.7 Å². The number of carbonyl (C=O) groups excluding carboxylic acids is 1. The molecule has 3 rings (SSSR count). The summed E-state index contributed by atoms with van der Waals surface area (Å²) in [5.41, 5.74) is 2.06. The monoisotopic (exact) mass is 320 g/mol. The Hall–Kier alpha value is -3.34. The Bertz CT molecular complexity index is 1020. The van der Waals surface area contributed by atoms with Crippen LogP contribution >= 0.6 is 0 Å². The number of allylic oxidation sites excluding steroid dienone is 1. The first-order valence-electron chi connectivity index (χ1n) is 7.38. The van der Waals surface area contributed by atoms with E-state index in [4.69, 9.17) is 0 Å². The number of aromatic nitrogens is 1.